The second-order valence-corrected chi connectivity index (χ2v) is 6.32. The smallest absolute Gasteiger partial charge is 0.236 e. The molecule has 4 N–H and O–H groups in total. The highest BCUT2D eigenvalue weighted by molar-refractivity contribution is 6.06. The van der Waals surface area contributed by atoms with Gasteiger partial charge in [0, 0.05) is 7.05 Å². The summed E-state index contributed by atoms with van der Waals surface area (Å²) in [6.45, 7) is 3.45. The minimum atomic E-state index is -0.938. The van der Waals surface area contributed by atoms with Gasteiger partial charge in [0.25, 0.3) is 0 Å². The van der Waals surface area contributed by atoms with Crippen molar-refractivity contribution in [2.45, 2.75) is 57.9 Å². The van der Waals surface area contributed by atoms with Crippen LogP contribution in [0.4, 0.5) is 0 Å². The van der Waals surface area contributed by atoms with Crippen LogP contribution < -0.4 is 5.73 Å². The van der Waals surface area contributed by atoms with Gasteiger partial charge in [0.05, 0.1) is 12.1 Å². The third kappa shape index (κ3) is 3.06. The molecule has 1 amide bonds. The normalized spacial score (nSPS) is 20.3. The van der Waals surface area contributed by atoms with E-state index in [1.807, 2.05) is 0 Å². The Hall–Kier alpha value is -1.30. The van der Waals surface area contributed by atoms with Gasteiger partial charge in [-0.2, -0.15) is 0 Å². The van der Waals surface area contributed by atoms with Crippen molar-refractivity contribution in [3.05, 3.63) is 0 Å². The van der Waals surface area contributed by atoms with Crippen LogP contribution in [-0.2, 0) is 4.79 Å². The SMILES string of the molecule is CN(C(=O)C1(C(N)=NO)CCCCCC1)C(C)(C)CO. The fourth-order valence-electron chi connectivity index (χ4n) is 2.71. The van der Waals surface area contributed by atoms with Crippen molar-refractivity contribution < 1.29 is 15.1 Å². The second-order valence-electron chi connectivity index (χ2n) is 6.32. The standard InChI is InChI=1S/C14H27N3O3/c1-13(2,10-18)17(3)12(19)14(11(15)16-20)8-6-4-5-7-9-14/h18,20H,4-10H2,1-3H3,(H2,15,16). The van der Waals surface area contributed by atoms with Crippen LogP contribution in [-0.4, -0.2) is 46.1 Å². The molecule has 0 aliphatic heterocycles. The minimum Gasteiger partial charge on any atom is -0.409 e. The van der Waals surface area contributed by atoms with Crippen molar-refractivity contribution in [1.82, 2.24) is 4.90 Å². The topological polar surface area (TPSA) is 99.2 Å². The Labute approximate surface area is 120 Å². The number of aliphatic hydroxyl groups excluding tert-OH is 1. The molecule has 0 unspecified atom stereocenters. The van der Waals surface area contributed by atoms with Crippen LogP contribution in [0.3, 0.4) is 0 Å². The molecular weight excluding hydrogens is 258 g/mol. The summed E-state index contributed by atoms with van der Waals surface area (Å²) in [5.41, 5.74) is 4.25. The van der Waals surface area contributed by atoms with E-state index >= 15 is 0 Å². The molecule has 6 heteroatoms. The molecule has 1 saturated carbocycles. The number of hydrogen-bond donors (Lipinski definition) is 3. The van der Waals surface area contributed by atoms with E-state index in [1.165, 1.54) is 4.90 Å². The zero-order valence-corrected chi connectivity index (χ0v) is 12.7. The largest absolute Gasteiger partial charge is 0.409 e. The van der Waals surface area contributed by atoms with Crippen LogP contribution in [0.15, 0.2) is 5.16 Å². The zero-order chi connectivity index (χ0) is 15.4. The monoisotopic (exact) mass is 285 g/mol. The maximum atomic E-state index is 12.9. The van der Waals surface area contributed by atoms with Gasteiger partial charge in [-0.05, 0) is 26.7 Å². The zero-order valence-electron chi connectivity index (χ0n) is 12.7. The van der Waals surface area contributed by atoms with Gasteiger partial charge >= 0.3 is 0 Å². The molecule has 1 aliphatic rings. The van der Waals surface area contributed by atoms with E-state index in [9.17, 15) is 9.90 Å². The third-order valence-corrected chi connectivity index (χ3v) is 4.56. The number of hydrogen-bond acceptors (Lipinski definition) is 4. The first-order chi connectivity index (χ1) is 9.31. The molecule has 0 saturated heterocycles. The predicted molar refractivity (Wildman–Crippen MR) is 77.5 cm³/mol. The highest BCUT2D eigenvalue weighted by Crippen LogP contribution is 2.38. The van der Waals surface area contributed by atoms with E-state index in [0.29, 0.717) is 12.8 Å². The summed E-state index contributed by atoms with van der Waals surface area (Å²) in [6.07, 6.45) is 5.06. The average Bonchev–Trinajstić information content (AvgIpc) is 2.71. The second kappa shape index (κ2) is 6.43. The summed E-state index contributed by atoms with van der Waals surface area (Å²) in [4.78, 5) is 14.4. The van der Waals surface area contributed by atoms with Crippen molar-refractivity contribution in [3.63, 3.8) is 0 Å². The Bertz CT molecular complexity index is 372. The first-order valence-electron chi connectivity index (χ1n) is 7.19. The lowest BCUT2D eigenvalue weighted by molar-refractivity contribution is -0.144. The van der Waals surface area contributed by atoms with Gasteiger partial charge in [-0.25, -0.2) is 0 Å². The van der Waals surface area contributed by atoms with Gasteiger partial charge in [-0.3, -0.25) is 4.79 Å². The average molecular weight is 285 g/mol. The maximum Gasteiger partial charge on any atom is 0.236 e. The van der Waals surface area contributed by atoms with Gasteiger partial charge in [0.1, 0.15) is 5.41 Å². The first-order valence-corrected chi connectivity index (χ1v) is 7.19. The molecule has 116 valence electrons. The lowest BCUT2D eigenvalue weighted by atomic mass is 9.77. The quantitative estimate of drug-likeness (QED) is 0.238. The highest BCUT2D eigenvalue weighted by Gasteiger charge is 2.47. The molecule has 0 bridgehead atoms. The van der Waals surface area contributed by atoms with Crippen LogP contribution in [0.25, 0.3) is 0 Å². The molecule has 0 aromatic carbocycles. The molecule has 20 heavy (non-hydrogen) atoms. The third-order valence-electron chi connectivity index (χ3n) is 4.56. The van der Waals surface area contributed by atoms with E-state index in [-0.39, 0.29) is 18.3 Å². The van der Waals surface area contributed by atoms with E-state index in [4.69, 9.17) is 10.9 Å². The Kier molecular flexibility index (Phi) is 5.39. The molecule has 1 aliphatic carbocycles. The molecule has 6 nitrogen and oxygen atoms in total. The Morgan fingerprint density at radius 1 is 1.30 bits per heavy atom. The van der Waals surface area contributed by atoms with Crippen molar-refractivity contribution in [2.75, 3.05) is 13.7 Å². The summed E-state index contributed by atoms with van der Waals surface area (Å²) in [7, 11) is 1.66. The van der Waals surface area contributed by atoms with Crippen LogP contribution >= 0.6 is 0 Å². The molecule has 0 radical (unpaired) electrons. The fourth-order valence-corrected chi connectivity index (χ4v) is 2.71. The number of oxime groups is 1. The number of nitrogens with two attached hydrogens (primary N) is 1. The number of likely N-dealkylation sites (N-methyl/N-ethyl adjacent to an activating group) is 1. The summed E-state index contributed by atoms with van der Waals surface area (Å²) < 4.78 is 0. The van der Waals surface area contributed by atoms with Gasteiger partial charge in [0.15, 0.2) is 5.84 Å². The highest BCUT2D eigenvalue weighted by atomic mass is 16.4. The lowest BCUT2D eigenvalue weighted by Gasteiger charge is -2.41. The van der Waals surface area contributed by atoms with Crippen molar-refractivity contribution in [3.8, 4) is 0 Å². The summed E-state index contributed by atoms with van der Waals surface area (Å²) in [5.74, 6) is -0.182. The molecular formula is C14H27N3O3. The van der Waals surface area contributed by atoms with Crippen LogP contribution in [0.5, 0.6) is 0 Å². The van der Waals surface area contributed by atoms with E-state index < -0.39 is 11.0 Å². The summed E-state index contributed by atoms with van der Waals surface area (Å²) >= 11 is 0. The van der Waals surface area contributed by atoms with Crippen LogP contribution in [0, 0.1) is 5.41 Å². The molecule has 1 rings (SSSR count). The van der Waals surface area contributed by atoms with Crippen LogP contribution in [0.2, 0.25) is 0 Å². The molecule has 0 heterocycles. The fraction of sp³-hybridized carbons (Fsp3) is 0.857. The number of aliphatic hydroxyl groups is 1. The molecule has 0 aromatic rings. The lowest BCUT2D eigenvalue weighted by Crippen LogP contribution is -2.57. The Morgan fingerprint density at radius 3 is 2.20 bits per heavy atom. The van der Waals surface area contributed by atoms with E-state index in [2.05, 4.69) is 5.16 Å². The predicted octanol–water partition coefficient (Wildman–Crippen LogP) is 1.30. The van der Waals surface area contributed by atoms with E-state index in [1.54, 1.807) is 20.9 Å². The number of nitrogens with zero attached hydrogens (tertiary/aromatic N) is 2. The molecule has 0 aromatic heterocycles. The van der Waals surface area contributed by atoms with Gasteiger partial charge in [-0.1, -0.05) is 30.8 Å². The summed E-state index contributed by atoms with van der Waals surface area (Å²) in [6, 6.07) is 0. The van der Waals surface area contributed by atoms with Crippen molar-refractivity contribution in [2.24, 2.45) is 16.3 Å². The number of amides is 1. The summed E-state index contributed by atoms with van der Waals surface area (Å²) in [5, 5.41) is 21.6. The molecule has 0 atom stereocenters. The number of carbonyl (C=O) groups excluding carboxylic acids is 1. The number of amidine groups is 1. The van der Waals surface area contributed by atoms with Crippen molar-refractivity contribution >= 4 is 11.7 Å². The van der Waals surface area contributed by atoms with Gasteiger partial charge < -0.3 is 20.9 Å². The van der Waals surface area contributed by atoms with Gasteiger partial charge in [-0.15, -0.1) is 0 Å². The number of rotatable bonds is 4. The number of carbonyl (C=O) groups is 1. The van der Waals surface area contributed by atoms with Crippen LogP contribution in [0.1, 0.15) is 52.4 Å². The molecule has 1 fully saturated rings. The Morgan fingerprint density at radius 2 is 1.80 bits per heavy atom. The maximum absolute atomic E-state index is 12.9. The van der Waals surface area contributed by atoms with Gasteiger partial charge in [0.2, 0.25) is 5.91 Å². The first kappa shape index (κ1) is 16.8. The minimum absolute atomic E-state index is 0.00927. The Balaban J connectivity index is 3.14. The van der Waals surface area contributed by atoms with E-state index in [0.717, 1.165) is 25.7 Å². The molecule has 0 spiro atoms. The van der Waals surface area contributed by atoms with Crippen molar-refractivity contribution in [1.29, 1.82) is 0 Å².